The van der Waals surface area contributed by atoms with E-state index in [-0.39, 0.29) is 11.5 Å². The molecule has 1 unspecified atom stereocenters. The molecule has 0 fully saturated rings. The van der Waals surface area contributed by atoms with Crippen molar-refractivity contribution in [2.45, 2.75) is 46.1 Å². The second kappa shape index (κ2) is 6.51. The third kappa shape index (κ3) is 3.88. The molecule has 114 valence electrons. The molecule has 0 aliphatic carbocycles. The largest absolute Gasteiger partial charge is 0.306 e. The van der Waals surface area contributed by atoms with Crippen molar-refractivity contribution in [3.63, 3.8) is 0 Å². The first-order valence-corrected chi connectivity index (χ1v) is 8.62. The normalized spacial score (nSPS) is 13.4. The molecule has 0 saturated carbocycles. The van der Waals surface area contributed by atoms with E-state index >= 15 is 0 Å². The minimum absolute atomic E-state index is 0.190. The summed E-state index contributed by atoms with van der Waals surface area (Å²) in [5.41, 5.74) is 4.00. The summed E-state index contributed by atoms with van der Waals surface area (Å²) in [6.45, 7) is 11.9. The summed E-state index contributed by atoms with van der Waals surface area (Å²) in [5.74, 6) is 0. The Hall–Kier alpha value is -0.830. The standard InChI is InChI=1S/C18H24ClNS/c1-6-20-16(15-11-12(2)17(19)21-15)13-7-9-14(10-8-13)18(3,4)5/h7-11,16,20H,6H2,1-5H3. The number of halogens is 1. The molecule has 2 aromatic rings. The Morgan fingerprint density at radius 1 is 1.19 bits per heavy atom. The molecule has 1 aromatic carbocycles. The molecular weight excluding hydrogens is 298 g/mol. The van der Waals surface area contributed by atoms with Gasteiger partial charge in [-0.25, -0.2) is 0 Å². The van der Waals surface area contributed by atoms with Crippen molar-refractivity contribution >= 4 is 22.9 Å². The third-order valence-electron chi connectivity index (χ3n) is 3.68. The Kier molecular flexibility index (Phi) is 5.13. The summed E-state index contributed by atoms with van der Waals surface area (Å²) in [4.78, 5) is 1.28. The van der Waals surface area contributed by atoms with Crippen molar-refractivity contribution < 1.29 is 0 Å². The van der Waals surface area contributed by atoms with Gasteiger partial charge < -0.3 is 5.32 Å². The zero-order valence-electron chi connectivity index (χ0n) is 13.5. The Morgan fingerprint density at radius 3 is 2.24 bits per heavy atom. The summed E-state index contributed by atoms with van der Waals surface area (Å²) in [6.07, 6.45) is 0. The van der Waals surface area contributed by atoms with Crippen LogP contribution in [-0.2, 0) is 5.41 Å². The third-order valence-corrected chi connectivity index (χ3v) is 5.30. The van der Waals surface area contributed by atoms with Gasteiger partial charge in [-0.2, -0.15) is 0 Å². The molecule has 1 N–H and O–H groups in total. The average molecular weight is 322 g/mol. The van der Waals surface area contributed by atoms with E-state index in [9.17, 15) is 0 Å². The van der Waals surface area contributed by atoms with Gasteiger partial charge in [0.1, 0.15) is 0 Å². The monoisotopic (exact) mass is 321 g/mol. The predicted molar refractivity (Wildman–Crippen MR) is 94.7 cm³/mol. The van der Waals surface area contributed by atoms with Crippen LogP contribution in [0.1, 0.15) is 55.3 Å². The fourth-order valence-electron chi connectivity index (χ4n) is 2.39. The lowest BCUT2D eigenvalue weighted by Gasteiger charge is -2.21. The van der Waals surface area contributed by atoms with Gasteiger partial charge in [-0.1, -0.05) is 63.6 Å². The highest BCUT2D eigenvalue weighted by Crippen LogP contribution is 2.34. The van der Waals surface area contributed by atoms with Gasteiger partial charge in [0, 0.05) is 4.88 Å². The number of aryl methyl sites for hydroxylation is 1. The number of rotatable bonds is 4. The van der Waals surface area contributed by atoms with Crippen LogP contribution in [0.2, 0.25) is 4.34 Å². The summed E-state index contributed by atoms with van der Waals surface area (Å²) in [5, 5.41) is 3.57. The topological polar surface area (TPSA) is 12.0 Å². The first-order valence-electron chi connectivity index (χ1n) is 7.42. The average Bonchev–Trinajstić information content (AvgIpc) is 2.75. The maximum atomic E-state index is 6.24. The minimum Gasteiger partial charge on any atom is -0.306 e. The van der Waals surface area contributed by atoms with E-state index in [2.05, 4.69) is 70.3 Å². The summed E-state index contributed by atoms with van der Waals surface area (Å²) >= 11 is 7.91. The first-order chi connectivity index (χ1) is 9.82. The van der Waals surface area contributed by atoms with E-state index in [4.69, 9.17) is 11.6 Å². The van der Waals surface area contributed by atoms with Crippen molar-refractivity contribution in [1.82, 2.24) is 5.32 Å². The molecule has 0 saturated heterocycles. The second-order valence-corrected chi connectivity index (χ2v) is 8.15. The highest BCUT2D eigenvalue weighted by atomic mass is 35.5. The molecule has 0 bridgehead atoms. The molecule has 0 amide bonds. The van der Waals surface area contributed by atoms with Crippen LogP contribution in [0.3, 0.4) is 0 Å². The molecule has 3 heteroatoms. The highest BCUT2D eigenvalue weighted by molar-refractivity contribution is 7.16. The van der Waals surface area contributed by atoms with Crippen LogP contribution in [0.15, 0.2) is 30.3 Å². The molecular formula is C18H24ClNS. The van der Waals surface area contributed by atoms with Crippen LogP contribution in [0.5, 0.6) is 0 Å². The van der Waals surface area contributed by atoms with E-state index in [0.29, 0.717) is 0 Å². The van der Waals surface area contributed by atoms with Crippen molar-refractivity contribution in [1.29, 1.82) is 0 Å². The predicted octanol–water partition coefficient (Wildman–Crippen LogP) is 5.71. The van der Waals surface area contributed by atoms with Crippen LogP contribution in [0.25, 0.3) is 0 Å². The maximum absolute atomic E-state index is 6.24. The summed E-state index contributed by atoms with van der Waals surface area (Å²) in [7, 11) is 0. The van der Waals surface area contributed by atoms with Gasteiger partial charge in [0.25, 0.3) is 0 Å². The van der Waals surface area contributed by atoms with Gasteiger partial charge >= 0.3 is 0 Å². The van der Waals surface area contributed by atoms with E-state index in [0.717, 1.165) is 16.4 Å². The zero-order valence-corrected chi connectivity index (χ0v) is 15.0. The Balaban J connectivity index is 2.34. The van der Waals surface area contributed by atoms with Gasteiger partial charge in [-0.15, -0.1) is 11.3 Å². The molecule has 1 atom stereocenters. The van der Waals surface area contributed by atoms with E-state index in [1.54, 1.807) is 11.3 Å². The van der Waals surface area contributed by atoms with Crippen LogP contribution < -0.4 is 5.32 Å². The summed E-state index contributed by atoms with van der Waals surface area (Å²) < 4.78 is 0.888. The van der Waals surface area contributed by atoms with Crippen LogP contribution in [0.4, 0.5) is 0 Å². The second-order valence-electron chi connectivity index (χ2n) is 6.47. The van der Waals surface area contributed by atoms with Gasteiger partial charge in [0.15, 0.2) is 0 Å². The number of hydrogen-bond donors (Lipinski definition) is 1. The molecule has 0 spiro atoms. The molecule has 2 rings (SSSR count). The maximum Gasteiger partial charge on any atom is 0.0961 e. The molecule has 0 radical (unpaired) electrons. The lowest BCUT2D eigenvalue weighted by molar-refractivity contribution is 0.588. The molecule has 1 aromatic heterocycles. The van der Waals surface area contributed by atoms with Crippen molar-refractivity contribution in [3.05, 3.63) is 56.2 Å². The van der Waals surface area contributed by atoms with Gasteiger partial charge in [0.2, 0.25) is 0 Å². The number of benzene rings is 1. The number of thiophene rings is 1. The Labute approximate surface area is 137 Å². The zero-order chi connectivity index (χ0) is 15.6. The van der Waals surface area contributed by atoms with Crippen molar-refractivity contribution in [3.8, 4) is 0 Å². The molecule has 1 heterocycles. The minimum atomic E-state index is 0.190. The lowest BCUT2D eigenvalue weighted by atomic mass is 9.86. The number of nitrogens with one attached hydrogen (secondary N) is 1. The van der Waals surface area contributed by atoms with Crippen LogP contribution >= 0.6 is 22.9 Å². The SMILES string of the molecule is CCNC(c1ccc(C(C)(C)C)cc1)c1cc(C)c(Cl)s1. The Morgan fingerprint density at radius 2 is 1.81 bits per heavy atom. The number of hydrogen-bond acceptors (Lipinski definition) is 2. The van der Waals surface area contributed by atoms with Crippen molar-refractivity contribution in [2.24, 2.45) is 0 Å². The highest BCUT2D eigenvalue weighted by Gasteiger charge is 2.18. The van der Waals surface area contributed by atoms with Gasteiger partial charge in [-0.05, 0) is 41.6 Å². The van der Waals surface area contributed by atoms with E-state index < -0.39 is 0 Å². The van der Waals surface area contributed by atoms with Crippen LogP contribution in [0, 0.1) is 6.92 Å². The van der Waals surface area contributed by atoms with Crippen molar-refractivity contribution in [2.75, 3.05) is 6.54 Å². The molecule has 0 aliphatic rings. The first kappa shape index (κ1) is 16.5. The van der Waals surface area contributed by atoms with Crippen LogP contribution in [-0.4, -0.2) is 6.54 Å². The van der Waals surface area contributed by atoms with Gasteiger partial charge in [-0.3, -0.25) is 0 Å². The van der Waals surface area contributed by atoms with Gasteiger partial charge in [0.05, 0.1) is 10.4 Å². The molecule has 1 nitrogen and oxygen atoms in total. The van der Waals surface area contributed by atoms with E-state index in [1.165, 1.54) is 16.0 Å². The quantitative estimate of drug-likeness (QED) is 0.761. The fourth-order valence-corrected chi connectivity index (χ4v) is 3.71. The van der Waals surface area contributed by atoms with E-state index in [1.807, 2.05) is 0 Å². The smallest absolute Gasteiger partial charge is 0.0961 e. The Bertz CT molecular complexity index is 573. The fraction of sp³-hybridized carbons (Fsp3) is 0.444. The summed E-state index contributed by atoms with van der Waals surface area (Å²) in [6, 6.07) is 11.4. The molecule has 0 aliphatic heterocycles. The molecule has 21 heavy (non-hydrogen) atoms. The lowest BCUT2D eigenvalue weighted by Crippen LogP contribution is -2.21.